The zero-order valence-corrected chi connectivity index (χ0v) is 12.1. The maximum absolute atomic E-state index is 11.7. The summed E-state index contributed by atoms with van der Waals surface area (Å²) in [6.45, 7) is 9.91. The lowest BCUT2D eigenvalue weighted by Crippen LogP contribution is -2.44. The Kier molecular flexibility index (Phi) is 8.08. The largest absolute Gasteiger partial charge is 0.392 e. The van der Waals surface area contributed by atoms with Gasteiger partial charge >= 0.3 is 0 Å². The second-order valence-corrected chi connectivity index (χ2v) is 5.52. The third-order valence-electron chi connectivity index (χ3n) is 2.48. The predicted molar refractivity (Wildman–Crippen MR) is 76.0 cm³/mol. The zero-order valence-electron chi connectivity index (χ0n) is 11.3. The molecule has 5 heteroatoms. The van der Waals surface area contributed by atoms with Crippen molar-refractivity contribution < 1.29 is 4.79 Å². The number of nitrogens with zero attached hydrogens (tertiary/aromatic N) is 1. The first-order chi connectivity index (χ1) is 7.82. The first-order valence-corrected chi connectivity index (χ1v) is 6.52. The number of carbonyl (C=O) groups is 1. The van der Waals surface area contributed by atoms with Gasteiger partial charge in [-0.1, -0.05) is 26.1 Å². The van der Waals surface area contributed by atoms with Gasteiger partial charge in [0.1, 0.15) is 0 Å². The molecule has 0 aromatic heterocycles. The minimum Gasteiger partial charge on any atom is -0.392 e. The zero-order chi connectivity index (χ0) is 13.4. The molecule has 0 atom stereocenters. The van der Waals surface area contributed by atoms with Crippen molar-refractivity contribution in [2.75, 3.05) is 19.6 Å². The van der Waals surface area contributed by atoms with Crippen molar-refractivity contribution >= 4 is 23.1 Å². The molecule has 4 nitrogen and oxygen atoms in total. The molecule has 0 radical (unpaired) electrons. The van der Waals surface area contributed by atoms with Crippen molar-refractivity contribution in [3.63, 3.8) is 0 Å². The van der Waals surface area contributed by atoms with Gasteiger partial charge in [0.25, 0.3) is 0 Å². The molecule has 3 N–H and O–H groups in total. The standard InChI is InChI=1S/C12H25N3OS/c1-9(2)5-6-14-12(16)8-15(10(3)4)7-11(13)17/h9-10H,5-8H2,1-4H3,(H2,13,17)(H,14,16). The van der Waals surface area contributed by atoms with E-state index in [2.05, 4.69) is 19.2 Å². The Morgan fingerprint density at radius 3 is 2.29 bits per heavy atom. The Labute approximate surface area is 110 Å². The summed E-state index contributed by atoms with van der Waals surface area (Å²) in [5.41, 5.74) is 5.50. The van der Waals surface area contributed by atoms with Crippen LogP contribution in [0.25, 0.3) is 0 Å². The number of carbonyl (C=O) groups excluding carboxylic acids is 1. The average Bonchev–Trinajstić information content (AvgIpc) is 2.15. The summed E-state index contributed by atoms with van der Waals surface area (Å²) in [5.74, 6) is 0.642. The van der Waals surface area contributed by atoms with E-state index in [4.69, 9.17) is 18.0 Å². The molecule has 0 unspecified atom stereocenters. The summed E-state index contributed by atoms with van der Waals surface area (Å²) in [6, 6.07) is 0.257. The Morgan fingerprint density at radius 1 is 1.29 bits per heavy atom. The highest BCUT2D eigenvalue weighted by Crippen LogP contribution is 1.99. The normalized spacial score (nSPS) is 11.2. The van der Waals surface area contributed by atoms with Gasteiger partial charge in [0.05, 0.1) is 11.5 Å². The van der Waals surface area contributed by atoms with E-state index >= 15 is 0 Å². The summed E-state index contributed by atoms with van der Waals surface area (Å²) in [5, 5.41) is 2.91. The van der Waals surface area contributed by atoms with Gasteiger partial charge in [-0.3, -0.25) is 9.69 Å². The molecule has 0 aromatic rings. The van der Waals surface area contributed by atoms with Crippen LogP contribution in [0.2, 0.25) is 0 Å². The lowest BCUT2D eigenvalue weighted by Gasteiger charge is -2.25. The van der Waals surface area contributed by atoms with E-state index in [1.54, 1.807) is 0 Å². The molecule has 1 amide bonds. The van der Waals surface area contributed by atoms with Crippen LogP contribution in [0.3, 0.4) is 0 Å². The quantitative estimate of drug-likeness (QED) is 0.642. The predicted octanol–water partition coefficient (Wildman–Crippen LogP) is 1.15. The van der Waals surface area contributed by atoms with E-state index in [1.165, 1.54) is 0 Å². The third kappa shape index (κ3) is 9.06. The van der Waals surface area contributed by atoms with Crippen molar-refractivity contribution in [3.05, 3.63) is 0 Å². The molecule has 0 saturated carbocycles. The van der Waals surface area contributed by atoms with Gasteiger partial charge in [-0.2, -0.15) is 0 Å². The topological polar surface area (TPSA) is 58.4 Å². The minimum absolute atomic E-state index is 0.0376. The van der Waals surface area contributed by atoms with Gasteiger partial charge in [-0.05, 0) is 26.2 Å². The van der Waals surface area contributed by atoms with Crippen LogP contribution < -0.4 is 11.1 Å². The molecule has 17 heavy (non-hydrogen) atoms. The molecule has 0 aliphatic heterocycles. The van der Waals surface area contributed by atoms with Crippen LogP contribution in [0.5, 0.6) is 0 Å². The average molecular weight is 259 g/mol. The highest BCUT2D eigenvalue weighted by Gasteiger charge is 2.14. The second kappa shape index (κ2) is 8.42. The van der Waals surface area contributed by atoms with Gasteiger partial charge in [-0.15, -0.1) is 0 Å². The van der Waals surface area contributed by atoms with E-state index < -0.39 is 0 Å². The van der Waals surface area contributed by atoms with Crippen LogP contribution in [-0.2, 0) is 4.79 Å². The molecule has 0 aromatic carbocycles. The molecule has 0 spiro atoms. The van der Waals surface area contributed by atoms with Gasteiger partial charge in [-0.25, -0.2) is 0 Å². The molecule has 0 aliphatic carbocycles. The summed E-state index contributed by atoms with van der Waals surface area (Å²) in [4.78, 5) is 14.1. The molecule has 0 bridgehead atoms. The number of amides is 1. The number of hydrogen-bond acceptors (Lipinski definition) is 3. The van der Waals surface area contributed by atoms with Crippen LogP contribution in [0.1, 0.15) is 34.1 Å². The van der Waals surface area contributed by atoms with Gasteiger partial charge in [0.2, 0.25) is 5.91 Å². The van der Waals surface area contributed by atoms with Crippen molar-refractivity contribution in [1.29, 1.82) is 0 Å². The monoisotopic (exact) mass is 259 g/mol. The van der Waals surface area contributed by atoms with E-state index in [0.29, 0.717) is 24.0 Å². The highest BCUT2D eigenvalue weighted by atomic mass is 32.1. The minimum atomic E-state index is 0.0376. The summed E-state index contributed by atoms with van der Waals surface area (Å²) in [6.07, 6.45) is 1.00. The van der Waals surface area contributed by atoms with E-state index in [1.807, 2.05) is 18.7 Å². The highest BCUT2D eigenvalue weighted by molar-refractivity contribution is 7.80. The van der Waals surface area contributed by atoms with Crippen LogP contribution in [0.4, 0.5) is 0 Å². The fourth-order valence-corrected chi connectivity index (χ4v) is 1.53. The van der Waals surface area contributed by atoms with E-state index in [0.717, 1.165) is 13.0 Å². The summed E-state index contributed by atoms with van der Waals surface area (Å²) >= 11 is 4.87. The first-order valence-electron chi connectivity index (χ1n) is 6.12. The molecule has 0 rings (SSSR count). The molecule has 0 fully saturated rings. The fourth-order valence-electron chi connectivity index (χ4n) is 1.36. The smallest absolute Gasteiger partial charge is 0.234 e. The molecule has 0 heterocycles. The molecule has 0 aliphatic rings. The van der Waals surface area contributed by atoms with Crippen molar-refractivity contribution in [2.45, 2.75) is 40.2 Å². The van der Waals surface area contributed by atoms with Crippen molar-refractivity contribution in [3.8, 4) is 0 Å². The number of hydrogen-bond donors (Lipinski definition) is 2. The van der Waals surface area contributed by atoms with Crippen LogP contribution in [0, 0.1) is 5.92 Å². The Hall–Kier alpha value is -0.680. The van der Waals surface area contributed by atoms with Crippen molar-refractivity contribution in [2.24, 2.45) is 11.7 Å². The van der Waals surface area contributed by atoms with Gasteiger partial charge in [0, 0.05) is 19.1 Å². The molecular weight excluding hydrogens is 234 g/mol. The lowest BCUT2D eigenvalue weighted by atomic mass is 10.1. The van der Waals surface area contributed by atoms with Gasteiger partial charge in [0.15, 0.2) is 0 Å². The number of nitrogens with one attached hydrogen (secondary N) is 1. The van der Waals surface area contributed by atoms with E-state index in [9.17, 15) is 4.79 Å². The SMILES string of the molecule is CC(C)CCNC(=O)CN(CC(N)=S)C(C)C. The third-order valence-corrected chi connectivity index (χ3v) is 2.61. The Morgan fingerprint density at radius 2 is 1.88 bits per heavy atom. The lowest BCUT2D eigenvalue weighted by molar-refractivity contribution is -0.122. The Bertz CT molecular complexity index is 254. The number of nitrogens with two attached hydrogens (primary N) is 1. The maximum atomic E-state index is 11.7. The molecule has 0 saturated heterocycles. The summed E-state index contributed by atoms with van der Waals surface area (Å²) in [7, 11) is 0. The number of rotatable bonds is 8. The number of thiocarbonyl (C=S) groups is 1. The van der Waals surface area contributed by atoms with Crippen LogP contribution in [0.15, 0.2) is 0 Å². The van der Waals surface area contributed by atoms with Gasteiger partial charge < -0.3 is 11.1 Å². The second-order valence-electron chi connectivity index (χ2n) is 5.00. The summed E-state index contributed by atoms with van der Waals surface area (Å²) < 4.78 is 0. The van der Waals surface area contributed by atoms with Crippen LogP contribution >= 0.6 is 12.2 Å². The molecular formula is C12H25N3OS. The fraction of sp³-hybridized carbons (Fsp3) is 0.833. The van der Waals surface area contributed by atoms with Crippen LogP contribution in [-0.4, -0.2) is 41.5 Å². The molecule has 100 valence electrons. The Balaban J connectivity index is 4.00. The van der Waals surface area contributed by atoms with Crippen molar-refractivity contribution in [1.82, 2.24) is 10.2 Å². The maximum Gasteiger partial charge on any atom is 0.234 e. The first kappa shape index (κ1) is 16.3. The van der Waals surface area contributed by atoms with E-state index in [-0.39, 0.29) is 11.9 Å².